The average Bonchev–Trinajstić information content (AvgIpc) is 2.39. The van der Waals surface area contributed by atoms with E-state index in [2.05, 4.69) is 25.9 Å². The second-order valence-corrected chi connectivity index (χ2v) is 5.86. The predicted molar refractivity (Wildman–Crippen MR) is 79.2 cm³/mol. The molecule has 1 aromatic carbocycles. The third-order valence-electron chi connectivity index (χ3n) is 3.33. The maximum absolute atomic E-state index is 5.41. The van der Waals surface area contributed by atoms with Gasteiger partial charge in [-0.15, -0.1) is 0 Å². The fourth-order valence-corrected chi connectivity index (χ4v) is 2.94. The molecule has 4 heteroatoms. The van der Waals surface area contributed by atoms with Crippen molar-refractivity contribution in [3.63, 3.8) is 0 Å². The number of halogens is 1. The SMILES string of the molecule is S=c1nc(-c2ccc(Br)cc2)[nH]c2c1CCCC2. The van der Waals surface area contributed by atoms with E-state index in [0.29, 0.717) is 0 Å². The number of nitrogens with zero attached hydrogens (tertiary/aromatic N) is 1. The van der Waals surface area contributed by atoms with Crippen LogP contribution in [0.2, 0.25) is 0 Å². The topological polar surface area (TPSA) is 28.7 Å². The first kappa shape index (κ1) is 12.1. The van der Waals surface area contributed by atoms with Gasteiger partial charge in [0.2, 0.25) is 0 Å². The molecule has 1 aromatic heterocycles. The van der Waals surface area contributed by atoms with Crippen molar-refractivity contribution in [3.8, 4) is 11.4 Å². The van der Waals surface area contributed by atoms with Gasteiger partial charge in [0.05, 0.1) is 0 Å². The number of rotatable bonds is 1. The van der Waals surface area contributed by atoms with Crippen LogP contribution in [0.5, 0.6) is 0 Å². The standard InChI is InChI=1S/C14H13BrN2S/c15-10-7-5-9(6-8-10)13-16-12-4-2-1-3-11(12)14(18)17-13/h5-8H,1-4H2,(H,16,17,18). The minimum Gasteiger partial charge on any atom is -0.343 e. The second kappa shape index (κ2) is 4.94. The Morgan fingerprint density at radius 2 is 1.83 bits per heavy atom. The van der Waals surface area contributed by atoms with Gasteiger partial charge in [0.25, 0.3) is 0 Å². The number of fused-ring (bicyclic) bond motifs is 1. The Morgan fingerprint density at radius 1 is 1.11 bits per heavy atom. The van der Waals surface area contributed by atoms with E-state index in [4.69, 9.17) is 12.2 Å². The summed E-state index contributed by atoms with van der Waals surface area (Å²) in [5, 5.41) is 0. The lowest BCUT2D eigenvalue weighted by Gasteiger charge is -2.16. The Morgan fingerprint density at radius 3 is 2.61 bits per heavy atom. The average molecular weight is 321 g/mol. The molecule has 1 aliphatic rings. The van der Waals surface area contributed by atoms with Crippen molar-refractivity contribution in [2.45, 2.75) is 25.7 Å². The Balaban J connectivity index is 2.11. The first-order chi connectivity index (χ1) is 8.74. The summed E-state index contributed by atoms with van der Waals surface area (Å²) in [6.07, 6.45) is 4.62. The first-order valence-electron chi connectivity index (χ1n) is 6.12. The minimum atomic E-state index is 0.765. The van der Waals surface area contributed by atoms with Crippen LogP contribution in [0.25, 0.3) is 11.4 Å². The number of aromatic amines is 1. The molecule has 0 atom stereocenters. The third-order valence-corrected chi connectivity index (χ3v) is 4.19. The molecule has 1 aliphatic carbocycles. The van der Waals surface area contributed by atoms with Gasteiger partial charge in [0.1, 0.15) is 10.5 Å². The van der Waals surface area contributed by atoms with Crippen molar-refractivity contribution in [1.29, 1.82) is 0 Å². The summed E-state index contributed by atoms with van der Waals surface area (Å²) < 4.78 is 1.84. The van der Waals surface area contributed by atoms with Gasteiger partial charge >= 0.3 is 0 Å². The molecule has 3 rings (SSSR count). The number of benzene rings is 1. The van der Waals surface area contributed by atoms with E-state index >= 15 is 0 Å². The zero-order valence-corrected chi connectivity index (χ0v) is 12.3. The van der Waals surface area contributed by atoms with Crippen LogP contribution < -0.4 is 0 Å². The highest BCUT2D eigenvalue weighted by Gasteiger charge is 2.13. The fourth-order valence-electron chi connectivity index (χ4n) is 2.36. The van der Waals surface area contributed by atoms with Crippen molar-refractivity contribution >= 4 is 28.1 Å². The number of H-pyrrole nitrogens is 1. The number of nitrogens with one attached hydrogen (secondary N) is 1. The lowest BCUT2D eigenvalue weighted by Crippen LogP contribution is -2.08. The van der Waals surface area contributed by atoms with Crippen molar-refractivity contribution in [3.05, 3.63) is 44.6 Å². The van der Waals surface area contributed by atoms with E-state index < -0.39 is 0 Å². The van der Waals surface area contributed by atoms with Gasteiger partial charge in [-0.25, -0.2) is 4.98 Å². The van der Waals surface area contributed by atoms with Crippen LogP contribution >= 0.6 is 28.1 Å². The summed E-state index contributed by atoms with van der Waals surface area (Å²) >= 11 is 8.85. The number of hydrogen-bond donors (Lipinski definition) is 1. The molecule has 0 aliphatic heterocycles. The molecule has 92 valence electrons. The molecule has 2 nitrogen and oxygen atoms in total. The van der Waals surface area contributed by atoms with Crippen LogP contribution in [0, 0.1) is 4.64 Å². The van der Waals surface area contributed by atoms with E-state index in [1.807, 2.05) is 24.3 Å². The lowest BCUT2D eigenvalue weighted by atomic mass is 9.97. The molecule has 1 N–H and O–H groups in total. The Bertz CT molecular complexity index is 631. The summed E-state index contributed by atoms with van der Waals surface area (Å²) in [5.74, 6) is 0.883. The Labute approximate surface area is 120 Å². The zero-order chi connectivity index (χ0) is 12.5. The molecule has 0 amide bonds. The van der Waals surface area contributed by atoms with Crippen LogP contribution in [0.3, 0.4) is 0 Å². The van der Waals surface area contributed by atoms with E-state index in [0.717, 1.165) is 33.3 Å². The first-order valence-corrected chi connectivity index (χ1v) is 7.32. The van der Waals surface area contributed by atoms with E-state index in [1.165, 1.54) is 24.1 Å². The Hall–Kier alpha value is -1.00. The van der Waals surface area contributed by atoms with Crippen molar-refractivity contribution in [1.82, 2.24) is 9.97 Å². The highest BCUT2D eigenvalue weighted by atomic mass is 79.9. The quantitative estimate of drug-likeness (QED) is 0.786. The van der Waals surface area contributed by atoms with Gasteiger partial charge in [0, 0.05) is 21.3 Å². The molecule has 0 saturated carbocycles. The molecule has 0 radical (unpaired) electrons. The maximum Gasteiger partial charge on any atom is 0.139 e. The molecule has 0 unspecified atom stereocenters. The van der Waals surface area contributed by atoms with E-state index in [1.54, 1.807) is 0 Å². The normalized spacial score (nSPS) is 14.3. The summed E-state index contributed by atoms with van der Waals surface area (Å²) in [7, 11) is 0. The fraction of sp³-hybridized carbons (Fsp3) is 0.286. The molecular formula is C14H13BrN2S. The smallest absolute Gasteiger partial charge is 0.139 e. The van der Waals surface area contributed by atoms with Crippen molar-refractivity contribution in [2.24, 2.45) is 0 Å². The van der Waals surface area contributed by atoms with E-state index in [9.17, 15) is 0 Å². The second-order valence-electron chi connectivity index (χ2n) is 4.56. The van der Waals surface area contributed by atoms with Crippen LogP contribution in [-0.4, -0.2) is 9.97 Å². The number of aromatic nitrogens is 2. The molecule has 0 saturated heterocycles. The Kier molecular flexibility index (Phi) is 3.31. The molecule has 18 heavy (non-hydrogen) atoms. The minimum absolute atomic E-state index is 0.765. The van der Waals surface area contributed by atoms with Gasteiger partial charge in [-0.05, 0) is 37.8 Å². The van der Waals surface area contributed by atoms with Crippen molar-refractivity contribution < 1.29 is 0 Å². The van der Waals surface area contributed by atoms with Gasteiger partial charge in [-0.3, -0.25) is 0 Å². The van der Waals surface area contributed by atoms with Gasteiger partial charge in [-0.2, -0.15) is 0 Å². The third kappa shape index (κ3) is 2.27. The largest absolute Gasteiger partial charge is 0.343 e. The summed E-state index contributed by atoms with van der Waals surface area (Å²) in [5.41, 5.74) is 3.61. The van der Waals surface area contributed by atoms with Crippen LogP contribution in [0.15, 0.2) is 28.7 Å². The van der Waals surface area contributed by atoms with Crippen LogP contribution in [-0.2, 0) is 12.8 Å². The van der Waals surface area contributed by atoms with Gasteiger partial charge < -0.3 is 4.98 Å². The summed E-state index contributed by atoms with van der Waals surface area (Å²) in [4.78, 5) is 7.98. The van der Waals surface area contributed by atoms with Gasteiger partial charge in [0.15, 0.2) is 0 Å². The molecule has 0 spiro atoms. The summed E-state index contributed by atoms with van der Waals surface area (Å²) in [6, 6.07) is 8.14. The monoisotopic (exact) mass is 320 g/mol. The van der Waals surface area contributed by atoms with E-state index in [-0.39, 0.29) is 0 Å². The molecule has 2 aromatic rings. The molecule has 1 heterocycles. The molecule has 0 bridgehead atoms. The molecule has 0 fully saturated rings. The highest BCUT2D eigenvalue weighted by Crippen LogP contribution is 2.24. The van der Waals surface area contributed by atoms with Crippen LogP contribution in [0.1, 0.15) is 24.1 Å². The molecular weight excluding hydrogens is 308 g/mol. The number of aryl methyl sites for hydroxylation is 1. The number of hydrogen-bond acceptors (Lipinski definition) is 2. The predicted octanol–water partition coefficient (Wildman–Crippen LogP) is 4.45. The highest BCUT2D eigenvalue weighted by molar-refractivity contribution is 9.10. The van der Waals surface area contributed by atoms with Crippen molar-refractivity contribution in [2.75, 3.05) is 0 Å². The maximum atomic E-state index is 5.41. The van der Waals surface area contributed by atoms with Gasteiger partial charge in [-0.1, -0.05) is 40.3 Å². The zero-order valence-electron chi connectivity index (χ0n) is 9.87. The van der Waals surface area contributed by atoms with Crippen LogP contribution in [0.4, 0.5) is 0 Å². The summed E-state index contributed by atoms with van der Waals surface area (Å²) in [6.45, 7) is 0. The lowest BCUT2D eigenvalue weighted by molar-refractivity contribution is 0.661.